The van der Waals surface area contributed by atoms with Gasteiger partial charge in [0, 0.05) is 29.2 Å². The van der Waals surface area contributed by atoms with Crippen molar-refractivity contribution in [2.45, 2.75) is 39.5 Å². The van der Waals surface area contributed by atoms with Crippen LogP contribution in [0.15, 0.2) is 35.5 Å². The molecule has 0 aromatic heterocycles. The number of amides is 1. The van der Waals surface area contributed by atoms with Gasteiger partial charge in [0.05, 0.1) is 13.2 Å². The van der Waals surface area contributed by atoms with E-state index in [0.29, 0.717) is 30.0 Å². The summed E-state index contributed by atoms with van der Waals surface area (Å²) in [6.45, 7) is 6.17. The molecule has 0 saturated heterocycles. The number of carbonyl (C=O) groups excluding carboxylic acids is 3. The van der Waals surface area contributed by atoms with Gasteiger partial charge in [-0.2, -0.15) is 0 Å². The highest BCUT2D eigenvalue weighted by molar-refractivity contribution is 6.11. The fourth-order valence-corrected chi connectivity index (χ4v) is 4.02. The maximum Gasteiger partial charge on any atom is 0.317 e. The lowest BCUT2D eigenvalue weighted by atomic mass is 9.70. The van der Waals surface area contributed by atoms with Crippen LogP contribution in [0.4, 0.5) is 0 Å². The van der Waals surface area contributed by atoms with E-state index in [1.807, 2.05) is 38.1 Å². The molecule has 0 fully saturated rings. The summed E-state index contributed by atoms with van der Waals surface area (Å²) in [4.78, 5) is 38.0. The summed E-state index contributed by atoms with van der Waals surface area (Å²) in [6, 6.07) is 7.44. The van der Waals surface area contributed by atoms with Crippen molar-refractivity contribution in [3.8, 4) is 5.75 Å². The summed E-state index contributed by atoms with van der Waals surface area (Å²) >= 11 is 0. The molecule has 1 N–H and O–H groups in total. The van der Waals surface area contributed by atoms with Gasteiger partial charge in [0.25, 0.3) is 0 Å². The third-order valence-electron chi connectivity index (χ3n) is 5.13. The summed E-state index contributed by atoms with van der Waals surface area (Å²) in [5, 5.41) is 2.85. The summed E-state index contributed by atoms with van der Waals surface area (Å²) in [5.74, 6) is -1.69. The number of nitrogens with one attached hydrogen (secondary N) is 1. The van der Waals surface area contributed by atoms with Gasteiger partial charge in [-0.05, 0) is 32.3 Å². The minimum Gasteiger partial charge on any atom is -0.494 e. The van der Waals surface area contributed by atoms with E-state index in [0.717, 1.165) is 5.56 Å². The Morgan fingerprint density at radius 3 is 2.59 bits per heavy atom. The van der Waals surface area contributed by atoms with Gasteiger partial charge in [0.2, 0.25) is 5.91 Å². The van der Waals surface area contributed by atoms with Crippen molar-refractivity contribution in [1.82, 2.24) is 5.32 Å². The molecular weight excluding hydrogens is 346 g/mol. The molecule has 6 heteroatoms. The molecule has 1 aliphatic carbocycles. The third kappa shape index (κ3) is 3.61. The van der Waals surface area contributed by atoms with Crippen LogP contribution in [0.1, 0.15) is 45.1 Å². The topological polar surface area (TPSA) is 81.7 Å². The minimum absolute atomic E-state index is 0.125. The number of ketones is 1. The van der Waals surface area contributed by atoms with Crippen LogP contribution >= 0.6 is 0 Å². The number of ether oxygens (including phenoxy) is 2. The van der Waals surface area contributed by atoms with E-state index in [-0.39, 0.29) is 30.6 Å². The number of benzene rings is 1. The number of esters is 1. The molecule has 27 heavy (non-hydrogen) atoms. The zero-order valence-corrected chi connectivity index (χ0v) is 15.9. The van der Waals surface area contributed by atoms with Crippen molar-refractivity contribution in [2.75, 3.05) is 13.2 Å². The highest BCUT2D eigenvalue weighted by Crippen LogP contribution is 2.44. The van der Waals surface area contributed by atoms with Gasteiger partial charge < -0.3 is 14.8 Å². The highest BCUT2D eigenvalue weighted by Gasteiger charge is 2.46. The van der Waals surface area contributed by atoms with Gasteiger partial charge >= 0.3 is 5.97 Å². The van der Waals surface area contributed by atoms with Gasteiger partial charge in [-0.25, -0.2) is 0 Å². The maximum absolute atomic E-state index is 13.3. The zero-order valence-electron chi connectivity index (χ0n) is 15.9. The molecule has 0 spiro atoms. The second-order valence-electron chi connectivity index (χ2n) is 6.94. The first-order valence-electron chi connectivity index (χ1n) is 9.43. The van der Waals surface area contributed by atoms with Crippen molar-refractivity contribution < 1.29 is 23.9 Å². The number of allylic oxidation sites excluding steroid dienone is 2. The van der Waals surface area contributed by atoms with Gasteiger partial charge in [-0.1, -0.05) is 25.1 Å². The molecule has 6 nitrogen and oxygen atoms in total. The van der Waals surface area contributed by atoms with Crippen LogP contribution in [0.3, 0.4) is 0 Å². The molecule has 1 amide bonds. The lowest BCUT2D eigenvalue weighted by Gasteiger charge is -2.36. The standard InChI is InChI=1S/C21H25NO5/c1-4-26-16-9-7-6-8-13(16)14-11-17(23)22-15-10-12(3)18(20(24)19(14)15)21(25)27-5-2/h6-9,12,14,18H,4-5,10-11H2,1-3H3,(H,22,23). The highest BCUT2D eigenvalue weighted by atomic mass is 16.5. The number of rotatable bonds is 5. The van der Waals surface area contributed by atoms with Gasteiger partial charge in [0.15, 0.2) is 5.78 Å². The maximum atomic E-state index is 13.3. The second-order valence-corrected chi connectivity index (χ2v) is 6.94. The number of para-hydroxylation sites is 1. The Balaban J connectivity index is 2.06. The van der Waals surface area contributed by atoms with Crippen molar-refractivity contribution in [3.05, 3.63) is 41.1 Å². The van der Waals surface area contributed by atoms with E-state index < -0.39 is 17.8 Å². The molecule has 3 unspecified atom stereocenters. The molecule has 0 bridgehead atoms. The Bertz CT molecular complexity index is 798. The van der Waals surface area contributed by atoms with Crippen LogP contribution < -0.4 is 10.1 Å². The average Bonchev–Trinajstić information content (AvgIpc) is 2.61. The van der Waals surface area contributed by atoms with Crippen LogP contribution in [0, 0.1) is 11.8 Å². The first kappa shape index (κ1) is 19.1. The molecule has 3 rings (SSSR count). The smallest absolute Gasteiger partial charge is 0.317 e. The Hall–Kier alpha value is -2.63. The first-order valence-corrected chi connectivity index (χ1v) is 9.43. The van der Waals surface area contributed by atoms with Crippen LogP contribution in [0.25, 0.3) is 0 Å². The molecule has 0 radical (unpaired) electrons. The lowest BCUT2D eigenvalue weighted by molar-refractivity contribution is -0.153. The SMILES string of the molecule is CCOC(=O)C1C(=O)C2=C(CC1C)NC(=O)CC2c1ccccc1OCC. The Morgan fingerprint density at radius 1 is 1.15 bits per heavy atom. The van der Waals surface area contributed by atoms with Crippen molar-refractivity contribution in [2.24, 2.45) is 11.8 Å². The quantitative estimate of drug-likeness (QED) is 0.636. The summed E-state index contributed by atoms with van der Waals surface area (Å²) in [7, 11) is 0. The predicted molar refractivity (Wildman–Crippen MR) is 99.0 cm³/mol. The Kier molecular flexibility index (Phi) is 5.63. The summed E-state index contributed by atoms with van der Waals surface area (Å²) in [6.07, 6.45) is 0.613. The van der Waals surface area contributed by atoms with E-state index in [9.17, 15) is 14.4 Å². The average molecular weight is 371 g/mol. The third-order valence-corrected chi connectivity index (χ3v) is 5.13. The van der Waals surface area contributed by atoms with Crippen LogP contribution in [0.2, 0.25) is 0 Å². The van der Waals surface area contributed by atoms with Crippen LogP contribution in [-0.4, -0.2) is 30.9 Å². The van der Waals surface area contributed by atoms with Crippen LogP contribution in [-0.2, 0) is 19.1 Å². The zero-order chi connectivity index (χ0) is 19.6. The normalized spacial score (nSPS) is 24.9. The van der Waals surface area contributed by atoms with Crippen LogP contribution in [0.5, 0.6) is 5.75 Å². The largest absolute Gasteiger partial charge is 0.494 e. The molecule has 1 aromatic carbocycles. The van der Waals surface area contributed by atoms with Gasteiger partial charge in [-0.3, -0.25) is 14.4 Å². The van der Waals surface area contributed by atoms with Crippen molar-refractivity contribution in [1.29, 1.82) is 0 Å². The first-order chi connectivity index (χ1) is 13.0. The Morgan fingerprint density at radius 2 is 1.89 bits per heavy atom. The number of hydrogen-bond donors (Lipinski definition) is 1. The molecule has 1 aromatic rings. The second kappa shape index (κ2) is 7.94. The van der Waals surface area contributed by atoms with E-state index >= 15 is 0 Å². The molecule has 1 aliphatic heterocycles. The van der Waals surface area contributed by atoms with Crippen molar-refractivity contribution in [3.63, 3.8) is 0 Å². The van der Waals surface area contributed by atoms with Gasteiger partial charge in [-0.15, -0.1) is 0 Å². The fraction of sp³-hybridized carbons (Fsp3) is 0.476. The number of Topliss-reactive ketones (excluding diaryl/α,β-unsaturated/α-hetero) is 1. The molecule has 1 heterocycles. The van der Waals surface area contributed by atoms with E-state index in [1.54, 1.807) is 6.92 Å². The lowest BCUT2D eigenvalue weighted by Crippen LogP contribution is -2.44. The molecule has 0 saturated carbocycles. The summed E-state index contributed by atoms with van der Waals surface area (Å²) in [5.41, 5.74) is 1.94. The number of hydrogen-bond acceptors (Lipinski definition) is 5. The molecule has 3 atom stereocenters. The fourth-order valence-electron chi connectivity index (χ4n) is 4.02. The Labute approximate surface area is 158 Å². The molecular formula is C21H25NO5. The summed E-state index contributed by atoms with van der Waals surface area (Å²) < 4.78 is 10.8. The van der Waals surface area contributed by atoms with E-state index in [4.69, 9.17) is 9.47 Å². The molecule has 144 valence electrons. The van der Waals surface area contributed by atoms with E-state index in [2.05, 4.69) is 5.32 Å². The van der Waals surface area contributed by atoms with Crippen molar-refractivity contribution >= 4 is 17.7 Å². The van der Waals surface area contributed by atoms with Gasteiger partial charge in [0.1, 0.15) is 11.7 Å². The van der Waals surface area contributed by atoms with E-state index in [1.165, 1.54) is 0 Å². The monoisotopic (exact) mass is 371 g/mol. The number of carbonyl (C=O) groups is 3. The molecule has 2 aliphatic rings. The predicted octanol–water partition coefficient (Wildman–Crippen LogP) is 2.73. The minimum atomic E-state index is -0.833.